The van der Waals surface area contributed by atoms with Crippen LogP contribution >= 0.6 is 0 Å². The van der Waals surface area contributed by atoms with Crippen LogP contribution in [0.2, 0.25) is 0 Å². The first kappa shape index (κ1) is 23.9. The molecule has 5 aliphatic rings. The summed E-state index contributed by atoms with van der Waals surface area (Å²) in [6, 6.07) is 0. The average molecular weight is 427 g/mol. The second-order valence-electron chi connectivity index (χ2n) is 14.6. The van der Waals surface area contributed by atoms with E-state index in [1.165, 1.54) is 70.6 Å². The van der Waals surface area contributed by atoms with Gasteiger partial charge in [-0.3, -0.25) is 0 Å². The van der Waals surface area contributed by atoms with Gasteiger partial charge in [-0.05, 0) is 128 Å². The molecule has 0 N–H and O–H groups in total. The minimum absolute atomic E-state index is 0.533. The second-order valence-corrected chi connectivity index (χ2v) is 14.6. The molecule has 9 atom stereocenters. The zero-order valence-electron chi connectivity index (χ0n) is 22.4. The molecule has 0 aromatic rings. The van der Waals surface area contributed by atoms with Gasteiger partial charge in [0.05, 0.1) is 0 Å². The summed E-state index contributed by atoms with van der Waals surface area (Å²) in [6.45, 7) is 24.0. The first-order chi connectivity index (χ1) is 14.4. The molecule has 0 aliphatic heterocycles. The van der Waals surface area contributed by atoms with Crippen LogP contribution in [0.4, 0.5) is 0 Å². The van der Waals surface area contributed by atoms with Crippen LogP contribution in [0.1, 0.15) is 126 Å². The molecule has 5 rings (SSSR count). The van der Waals surface area contributed by atoms with Crippen molar-refractivity contribution in [1.82, 2.24) is 0 Å². The summed E-state index contributed by atoms with van der Waals surface area (Å²) in [6.07, 6.45) is 18.5. The van der Waals surface area contributed by atoms with Crippen LogP contribution < -0.4 is 0 Å². The van der Waals surface area contributed by atoms with E-state index in [0.29, 0.717) is 27.1 Å². The standard InChI is InChI=1S/C28H48.C3H6/c1-19-10-16-26(5)20(24(19,2)3)12-17-28(7)22-11-15-25(4)14-8-9-21(25)27(22,6)18-13-23(26)28;1-3-2/h19-23H,8-18H2,1-7H3;3H,1H2,2H3/t19-,20?,21?,22?,23?,25+,26-,27+,28-;/m0./s1. The van der Waals surface area contributed by atoms with Crippen LogP contribution in [0, 0.1) is 56.7 Å². The fourth-order valence-electron chi connectivity index (χ4n) is 11.4. The van der Waals surface area contributed by atoms with Crippen LogP contribution in [0.5, 0.6) is 0 Å². The second kappa shape index (κ2) is 7.63. The van der Waals surface area contributed by atoms with Crippen molar-refractivity contribution in [2.24, 2.45) is 56.7 Å². The number of rotatable bonds is 0. The Hall–Kier alpha value is -0.260. The summed E-state index contributed by atoms with van der Waals surface area (Å²) in [5, 5.41) is 0. The molecule has 0 radical (unpaired) electrons. The fraction of sp³-hybridized carbons (Fsp3) is 0.935. The zero-order chi connectivity index (χ0) is 22.9. The molecule has 5 aliphatic carbocycles. The van der Waals surface area contributed by atoms with Crippen LogP contribution in [-0.2, 0) is 0 Å². The lowest BCUT2D eigenvalue weighted by atomic mass is 9.33. The minimum Gasteiger partial charge on any atom is -0.103 e. The smallest absolute Gasteiger partial charge is 0.0259 e. The molecule has 0 aromatic carbocycles. The average Bonchev–Trinajstić information content (AvgIpc) is 3.08. The van der Waals surface area contributed by atoms with Crippen molar-refractivity contribution < 1.29 is 0 Å². The molecular weight excluding hydrogens is 372 g/mol. The Morgan fingerprint density at radius 1 is 0.613 bits per heavy atom. The highest BCUT2D eigenvalue weighted by Gasteiger charge is 2.68. The maximum absolute atomic E-state index is 3.36. The van der Waals surface area contributed by atoms with E-state index in [1.54, 1.807) is 6.08 Å². The molecule has 178 valence electrons. The number of hydrogen-bond donors (Lipinski definition) is 0. The van der Waals surface area contributed by atoms with E-state index < -0.39 is 0 Å². The van der Waals surface area contributed by atoms with Crippen molar-refractivity contribution in [1.29, 1.82) is 0 Å². The SMILES string of the molecule is C=CC.C[C@H]1CC[C@@]2(C)C(CC[C@]3(C)C2CC[C@]2(C)C4CCC[C@]4(C)CCC32)C1(C)C. The van der Waals surface area contributed by atoms with E-state index in [9.17, 15) is 0 Å². The molecule has 0 saturated heterocycles. The minimum atomic E-state index is 0.533. The summed E-state index contributed by atoms with van der Waals surface area (Å²) in [7, 11) is 0. The highest BCUT2D eigenvalue weighted by atomic mass is 14.7. The van der Waals surface area contributed by atoms with E-state index in [0.717, 1.165) is 29.6 Å². The molecule has 0 bridgehead atoms. The van der Waals surface area contributed by atoms with Crippen LogP contribution in [0.25, 0.3) is 0 Å². The molecule has 0 heterocycles. The molecule has 0 spiro atoms. The summed E-state index contributed by atoms with van der Waals surface area (Å²) in [4.78, 5) is 0. The molecular formula is C31H54. The van der Waals surface area contributed by atoms with E-state index in [1.807, 2.05) is 6.92 Å². The van der Waals surface area contributed by atoms with Gasteiger partial charge in [-0.1, -0.05) is 61.0 Å². The van der Waals surface area contributed by atoms with Gasteiger partial charge >= 0.3 is 0 Å². The first-order valence-electron chi connectivity index (χ1n) is 14.0. The van der Waals surface area contributed by atoms with Gasteiger partial charge in [0.15, 0.2) is 0 Å². The molecule has 31 heavy (non-hydrogen) atoms. The van der Waals surface area contributed by atoms with Crippen molar-refractivity contribution in [3.63, 3.8) is 0 Å². The third-order valence-corrected chi connectivity index (χ3v) is 13.1. The number of fused-ring (bicyclic) bond motifs is 7. The quantitative estimate of drug-likeness (QED) is 0.338. The van der Waals surface area contributed by atoms with Crippen LogP contribution in [-0.4, -0.2) is 0 Å². The molecule has 5 saturated carbocycles. The predicted molar refractivity (Wildman–Crippen MR) is 136 cm³/mol. The largest absolute Gasteiger partial charge is 0.103 e. The first-order valence-corrected chi connectivity index (χ1v) is 14.0. The summed E-state index contributed by atoms with van der Waals surface area (Å²) in [5.41, 5.74) is 3.05. The third kappa shape index (κ3) is 3.19. The van der Waals surface area contributed by atoms with E-state index in [4.69, 9.17) is 0 Å². The van der Waals surface area contributed by atoms with Crippen LogP contribution in [0.3, 0.4) is 0 Å². The molecule has 0 amide bonds. The van der Waals surface area contributed by atoms with Gasteiger partial charge in [0.2, 0.25) is 0 Å². The Bertz CT molecular complexity index is 688. The highest BCUT2D eigenvalue weighted by Crippen LogP contribution is 2.76. The lowest BCUT2D eigenvalue weighted by Gasteiger charge is -2.71. The molecule has 0 aromatic heterocycles. The lowest BCUT2D eigenvalue weighted by Crippen LogP contribution is -2.64. The predicted octanol–water partition coefficient (Wildman–Crippen LogP) is 9.69. The van der Waals surface area contributed by atoms with Crippen molar-refractivity contribution in [3.05, 3.63) is 12.7 Å². The molecule has 0 nitrogen and oxygen atoms in total. The van der Waals surface area contributed by atoms with Gasteiger partial charge in [0.1, 0.15) is 0 Å². The van der Waals surface area contributed by atoms with Gasteiger partial charge in [0, 0.05) is 0 Å². The highest BCUT2D eigenvalue weighted by molar-refractivity contribution is 5.17. The Balaban J connectivity index is 0.000000730. The fourth-order valence-corrected chi connectivity index (χ4v) is 11.4. The van der Waals surface area contributed by atoms with Crippen molar-refractivity contribution in [3.8, 4) is 0 Å². The monoisotopic (exact) mass is 426 g/mol. The number of allylic oxidation sites excluding steroid dienone is 1. The Morgan fingerprint density at radius 3 is 1.68 bits per heavy atom. The van der Waals surface area contributed by atoms with Crippen LogP contribution in [0.15, 0.2) is 12.7 Å². The van der Waals surface area contributed by atoms with Gasteiger partial charge in [-0.2, -0.15) is 0 Å². The maximum atomic E-state index is 3.36. The van der Waals surface area contributed by atoms with Gasteiger partial charge < -0.3 is 0 Å². The summed E-state index contributed by atoms with van der Waals surface area (Å²) in [5.74, 6) is 4.85. The normalized spacial score (nSPS) is 54.9. The maximum Gasteiger partial charge on any atom is -0.0259 e. The van der Waals surface area contributed by atoms with Crippen molar-refractivity contribution in [2.45, 2.75) is 126 Å². The Morgan fingerprint density at radius 2 is 1.06 bits per heavy atom. The number of hydrogen-bond acceptors (Lipinski definition) is 0. The van der Waals surface area contributed by atoms with E-state index in [2.05, 4.69) is 55.0 Å². The van der Waals surface area contributed by atoms with Crippen molar-refractivity contribution >= 4 is 0 Å². The molecule has 5 fully saturated rings. The van der Waals surface area contributed by atoms with E-state index in [-0.39, 0.29) is 0 Å². The Labute approximate surface area is 195 Å². The van der Waals surface area contributed by atoms with Gasteiger partial charge in [-0.15, -0.1) is 6.58 Å². The molecule has 0 heteroatoms. The van der Waals surface area contributed by atoms with Gasteiger partial charge in [-0.25, -0.2) is 0 Å². The van der Waals surface area contributed by atoms with E-state index >= 15 is 0 Å². The Kier molecular flexibility index (Phi) is 5.88. The summed E-state index contributed by atoms with van der Waals surface area (Å²) >= 11 is 0. The summed E-state index contributed by atoms with van der Waals surface area (Å²) < 4.78 is 0. The zero-order valence-corrected chi connectivity index (χ0v) is 22.4. The van der Waals surface area contributed by atoms with Gasteiger partial charge in [0.25, 0.3) is 0 Å². The van der Waals surface area contributed by atoms with Crippen molar-refractivity contribution in [2.75, 3.05) is 0 Å². The topological polar surface area (TPSA) is 0 Å². The third-order valence-electron chi connectivity index (χ3n) is 13.1. The molecule has 4 unspecified atom stereocenters. The lowest BCUT2D eigenvalue weighted by molar-refractivity contribution is -0.227.